The van der Waals surface area contributed by atoms with E-state index in [0.29, 0.717) is 20.4 Å². The van der Waals surface area contributed by atoms with E-state index in [0.717, 1.165) is 0 Å². The van der Waals surface area contributed by atoms with Crippen molar-refractivity contribution in [1.29, 1.82) is 0 Å². The maximum Gasteiger partial charge on any atom is 0.0902 e. The first-order valence-corrected chi connectivity index (χ1v) is 29.9. The zero-order valence-electron chi connectivity index (χ0n) is 26.8. The van der Waals surface area contributed by atoms with Crippen molar-refractivity contribution in [3.05, 3.63) is 35.0 Å². The first kappa shape index (κ1) is 32.0. The molecule has 0 N–H and O–H groups in total. The Kier molecular flexibility index (Phi) is 9.22. The molecule has 1 aromatic carbocycles. The van der Waals surface area contributed by atoms with Crippen molar-refractivity contribution in [3.8, 4) is 0 Å². The molecular formula is C30H58NSi5. The Balaban J connectivity index is 2.96. The van der Waals surface area contributed by atoms with Gasteiger partial charge in [0.25, 0.3) is 0 Å². The summed E-state index contributed by atoms with van der Waals surface area (Å²) in [7, 11) is -6.73. The van der Waals surface area contributed by atoms with Gasteiger partial charge in [-0.3, -0.25) is 0 Å². The van der Waals surface area contributed by atoms with Crippen molar-refractivity contribution in [2.24, 2.45) is 4.99 Å². The predicted molar refractivity (Wildman–Crippen MR) is 180 cm³/mol. The second-order valence-corrected chi connectivity index (χ2v) is 43.4. The molecule has 1 aromatic rings. The molecule has 1 radical (unpaired) electrons. The molecule has 1 aliphatic rings. The average Bonchev–Trinajstić information content (AvgIpc) is 3.05. The lowest BCUT2D eigenvalue weighted by atomic mass is 9.93. The van der Waals surface area contributed by atoms with Crippen LogP contribution in [0.4, 0.5) is 5.69 Å². The molecule has 1 heterocycles. The molecule has 1 fully saturated rings. The van der Waals surface area contributed by atoms with Crippen LogP contribution in [0, 0.1) is 0 Å². The molecule has 0 atom stereocenters. The minimum atomic E-state index is -1.47. The fraction of sp³-hybridized carbons (Fsp3) is 0.733. The topological polar surface area (TPSA) is 12.4 Å². The highest BCUT2D eigenvalue weighted by Gasteiger charge is 2.72. The zero-order chi connectivity index (χ0) is 28.1. The van der Waals surface area contributed by atoms with Crippen molar-refractivity contribution in [2.75, 3.05) is 0 Å². The molecule has 0 spiro atoms. The average molecular weight is 573 g/mol. The zero-order valence-corrected chi connectivity index (χ0v) is 31.8. The first-order chi connectivity index (χ1) is 16.1. The van der Waals surface area contributed by atoms with Gasteiger partial charge in [-0.05, 0) is 43.1 Å². The Hall–Kier alpha value is -0.246. The second-order valence-electron chi connectivity index (χ2n) is 16.2. The van der Waals surface area contributed by atoms with Gasteiger partial charge < -0.3 is 0 Å². The van der Waals surface area contributed by atoms with Crippen LogP contribution < -0.4 is 0 Å². The van der Waals surface area contributed by atoms with Crippen molar-refractivity contribution in [1.82, 2.24) is 0 Å². The number of nitrogens with zero attached hydrogens (tertiary/aromatic N) is 1. The van der Waals surface area contributed by atoms with Crippen LogP contribution in [-0.2, 0) is 0 Å². The van der Waals surface area contributed by atoms with E-state index in [1.807, 2.05) is 0 Å². The fourth-order valence-corrected chi connectivity index (χ4v) is 50.0. The van der Waals surface area contributed by atoms with Gasteiger partial charge in [0, 0.05) is 32.3 Å². The van der Waals surface area contributed by atoms with Gasteiger partial charge in [-0.1, -0.05) is 137 Å². The van der Waals surface area contributed by atoms with Gasteiger partial charge in [0.05, 0.1) is 14.5 Å². The minimum absolute atomic E-state index is 0.468. The monoisotopic (exact) mass is 572 g/mol. The summed E-state index contributed by atoms with van der Waals surface area (Å²) in [4.78, 5) is 5.25. The fourth-order valence-electron chi connectivity index (χ4n) is 8.42. The van der Waals surface area contributed by atoms with E-state index >= 15 is 0 Å². The highest BCUT2D eigenvalue weighted by molar-refractivity contribution is 7.22. The van der Waals surface area contributed by atoms with Crippen LogP contribution in [0.2, 0.25) is 87.1 Å². The van der Waals surface area contributed by atoms with Crippen molar-refractivity contribution in [2.45, 2.75) is 140 Å². The number of hydrogen-bond acceptors (Lipinski definition) is 1. The molecule has 36 heavy (non-hydrogen) atoms. The normalized spacial score (nSPS) is 19.1. The largest absolute Gasteiger partial charge is 0.206 e. The molecule has 1 aliphatic heterocycles. The molecular weight excluding hydrogens is 515 g/mol. The minimum Gasteiger partial charge on any atom is -0.206 e. The van der Waals surface area contributed by atoms with Crippen molar-refractivity contribution >= 4 is 52.6 Å². The molecule has 0 aromatic heterocycles. The summed E-state index contributed by atoms with van der Waals surface area (Å²) in [6.45, 7) is 41.7. The number of aliphatic imine (C=N–C) groups is 1. The Morgan fingerprint density at radius 1 is 0.694 bits per heavy atom. The van der Waals surface area contributed by atoms with Crippen LogP contribution in [-0.4, -0.2) is 47.0 Å². The maximum atomic E-state index is 5.25. The summed E-state index contributed by atoms with van der Waals surface area (Å²) in [5.74, 6) is 4.70. The Labute approximate surface area is 231 Å². The summed E-state index contributed by atoms with van der Waals surface area (Å²) < 4.78 is 1.15. The highest BCUT2D eigenvalue weighted by Crippen LogP contribution is 2.70. The van der Waals surface area contributed by atoms with Gasteiger partial charge in [0.2, 0.25) is 0 Å². The van der Waals surface area contributed by atoms with Crippen LogP contribution in [0.5, 0.6) is 0 Å². The Morgan fingerprint density at radius 2 is 1.03 bits per heavy atom. The molecule has 0 aliphatic carbocycles. The van der Waals surface area contributed by atoms with Gasteiger partial charge in [-0.15, -0.1) is 0 Å². The standard InChI is InChI=1S/C30H58NSi5/c1-24(2)26-18-17-19-27(25(3)4)28(26)31-22-23-32-29(33(5,6)7,34(8,9)10)20-21-30(32,35(11,12)13)36(14,15)16/h17-19,23-25H,20-21H2,1-16H3. The lowest BCUT2D eigenvalue weighted by molar-refractivity contribution is 0.763. The Morgan fingerprint density at radius 3 is 1.31 bits per heavy atom. The number of rotatable bonds is 8. The molecule has 1 saturated heterocycles. The molecule has 0 amide bonds. The molecule has 6 heteroatoms. The summed E-state index contributed by atoms with van der Waals surface area (Å²) in [6, 6.07) is 6.79. The van der Waals surface area contributed by atoms with Gasteiger partial charge in [-0.2, -0.15) is 0 Å². The van der Waals surface area contributed by atoms with Gasteiger partial charge in [0.15, 0.2) is 0 Å². The van der Waals surface area contributed by atoms with Crippen molar-refractivity contribution < 1.29 is 0 Å². The van der Waals surface area contributed by atoms with E-state index in [2.05, 4.69) is 136 Å². The lowest BCUT2D eigenvalue weighted by Gasteiger charge is -2.59. The van der Waals surface area contributed by atoms with Crippen molar-refractivity contribution in [3.63, 3.8) is 0 Å². The van der Waals surface area contributed by atoms with Gasteiger partial charge >= 0.3 is 0 Å². The summed E-state index contributed by atoms with van der Waals surface area (Å²) >= 11 is 0. The highest BCUT2D eigenvalue weighted by atomic mass is 28.5. The summed E-state index contributed by atoms with van der Waals surface area (Å²) in [5.41, 5.74) is 6.60. The van der Waals surface area contributed by atoms with E-state index in [-0.39, 0.29) is 0 Å². The quantitative estimate of drug-likeness (QED) is 0.217. The maximum absolute atomic E-state index is 5.25. The predicted octanol–water partition coefficient (Wildman–Crippen LogP) is 10.6. The number of benzene rings is 1. The second kappa shape index (κ2) is 10.4. The van der Waals surface area contributed by atoms with Crippen LogP contribution >= 0.6 is 0 Å². The third-order valence-electron chi connectivity index (χ3n) is 9.64. The smallest absolute Gasteiger partial charge is 0.0902 e. The third-order valence-corrected chi connectivity index (χ3v) is 44.9. The van der Waals surface area contributed by atoms with Crippen LogP contribution in [0.3, 0.4) is 0 Å². The lowest BCUT2D eigenvalue weighted by Crippen LogP contribution is -2.68. The van der Waals surface area contributed by atoms with Crippen LogP contribution in [0.15, 0.2) is 28.9 Å². The summed E-state index contributed by atoms with van der Waals surface area (Å²) in [5, 5.41) is 0. The van der Waals surface area contributed by atoms with Gasteiger partial charge in [0.1, 0.15) is 0 Å². The van der Waals surface area contributed by atoms with E-state index in [9.17, 15) is 0 Å². The van der Waals surface area contributed by atoms with Crippen LogP contribution in [0.25, 0.3) is 0 Å². The first-order valence-electron chi connectivity index (χ1n) is 14.4. The molecule has 2 rings (SSSR count). The van der Waals surface area contributed by atoms with E-state index in [1.54, 1.807) is 0 Å². The SMILES string of the molecule is CC(C)c1cccc(C(C)C)c1N=C=C[Si]1C([Si](C)(C)C)([Si](C)(C)C)CCC1([Si](C)(C)C)[Si](C)(C)C. The number of hydrogen-bond donors (Lipinski definition) is 0. The van der Waals surface area contributed by atoms with E-state index in [4.69, 9.17) is 4.99 Å². The molecule has 0 bridgehead atoms. The molecule has 0 unspecified atom stereocenters. The number of para-hydroxylation sites is 1. The molecule has 0 saturated carbocycles. The Bertz CT molecular complexity index is 896. The third kappa shape index (κ3) is 5.29. The van der Waals surface area contributed by atoms with Gasteiger partial charge in [-0.25, -0.2) is 4.99 Å². The molecule has 1 nitrogen and oxygen atoms in total. The van der Waals surface area contributed by atoms with E-state index < -0.39 is 41.1 Å². The summed E-state index contributed by atoms with van der Waals surface area (Å²) in [6.07, 6.45) is 2.94. The van der Waals surface area contributed by atoms with Crippen LogP contribution in [0.1, 0.15) is 63.5 Å². The van der Waals surface area contributed by atoms with E-state index in [1.165, 1.54) is 29.7 Å². The molecule has 203 valence electrons.